The van der Waals surface area contributed by atoms with Gasteiger partial charge in [-0.15, -0.1) is 0 Å². The summed E-state index contributed by atoms with van der Waals surface area (Å²) in [6.07, 6.45) is 0. The maximum Gasteiger partial charge on any atom is 0.134 e. The van der Waals surface area contributed by atoms with Crippen LogP contribution in [0, 0.1) is 5.82 Å². The average molecular weight is 349 g/mol. The molecule has 3 rings (SSSR count). The summed E-state index contributed by atoms with van der Waals surface area (Å²) in [6.45, 7) is 3.21. The highest BCUT2D eigenvalue weighted by Gasteiger charge is 2.10. The Hall–Kier alpha value is -1.88. The number of halogens is 2. The van der Waals surface area contributed by atoms with Crippen LogP contribution in [-0.2, 0) is 13.2 Å². The molecule has 0 aliphatic carbocycles. The van der Waals surface area contributed by atoms with E-state index < -0.39 is 0 Å². The van der Waals surface area contributed by atoms with Crippen LogP contribution < -0.4 is 4.74 Å². The van der Waals surface area contributed by atoms with Crippen LogP contribution in [0.4, 0.5) is 4.39 Å². The molecule has 0 N–H and O–H groups in total. The van der Waals surface area contributed by atoms with Crippen molar-refractivity contribution < 1.29 is 9.13 Å². The van der Waals surface area contributed by atoms with Gasteiger partial charge in [-0.1, -0.05) is 18.2 Å². The van der Waals surface area contributed by atoms with E-state index in [0.29, 0.717) is 16.8 Å². The highest BCUT2D eigenvalue weighted by Crippen LogP contribution is 2.27. The molecule has 0 spiro atoms. The Balaban J connectivity index is 1.88. The zero-order valence-electron chi connectivity index (χ0n) is 11.5. The molecule has 1 heterocycles. The molecular weight excluding hydrogens is 335 g/mol. The van der Waals surface area contributed by atoms with E-state index in [1.54, 1.807) is 6.07 Å². The summed E-state index contributed by atoms with van der Waals surface area (Å²) in [5.41, 5.74) is 1.97. The summed E-state index contributed by atoms with van der Waals surface area (Å²) in [7, 11) is 0. The first-order valence-corrected chi connectivity index (χ1v) is 7.50. The molecule has 0 aliphatic heterocycles. The molecule has 0 aliphatic rings. The lowest BCUT2D eigenvalue weighted by Crippen LogP contribution is -2.00. The second-order valence-electron chi connectivity index (χ2n) is 4.64. The van der Waals surface area contributed by atoms with E-state index in [0.717, 1.165) is 23.1 Å². The maximum absolute atomic E-state index is 13.1. The third-order valence-electron chi connectivity index (χ3n) is 3.29. The maximum atomic E-state index is 13.1. The fourth-order valence-electron chi connectivity index (χ4n) is 2.28. The average Bonchev–Trinajstić information content (AvgIpc) is 2.85. The molecule has 3 aromatic rings. The van der Waals surface area contributed by atoms with Crippen molar-refractivity contribution in [2.24, 2.45) is 0 Å². The molecule has 0 saturated carbocycles. The van der Waals surface area contributed by atoms with Gasteiger partial charge in [-0.25, -0.2) is 4.39 Å². The van der Waals surface area contributed by atoms with Gasteiger partial charge in [0.15, 0.2) is 0 Å². The fraction of sp³-hybridized carbons (Fsp3) is 0.188. The summed E-state index contributed by atoms with van der Waals surface area (Å²) >= 11 is 3.30. The quantitative estimate of drug-likeness (QED) is 0.692. The predicted molar refractivity (Wildman–Crippen MR) is 83.8 cm³/mol. The standard InChI is InChI=1S/C16H14BrFN2O/c1-2-20-15-6-4-3-5-12(15)14(19-20)10-21-16-8-7-11(18)9-13(16)17/h3-9H,2,10H2,1H3. The highest BCUT2D eigenvalue weighted by atomic mass is 79.9. The van der Waals surface area contributed by atoms with Crippen molar-refractivity contribution in [3.8, 4) is 5.75 Å². The molecule has 0 fully saturated rings. The number of hydrogen-bond donors (Lipinski definition) is 0. The molecule has 21 heavy (non-hydrogen) atoms. The number of ether oxygens (including phenoxy) is 1. The zero-order valence-corrected chi connectivity index (χ0v) is 13.1. The number of benzene rings is 2. The highest BCUT2D eigenvalue weighted by molar-refractivity contribution is 9.10. The first-order valence-electron chi connectivity index (χ1n) is 6.71. The molecule has 108 valence electrons. The first kappa shape index (κ1) is 14.1. The largest absolute Gasteiger partial charge is 0.486 e. The topological polar surface area (TPSA) is 27.1 Å². The number of fused-ring (bicyclic) bond motifs is 1. The Morgan fingerprint density at radius 1 is 1.24 bits per heavy atom. The van der Waals surface area contributed by atoms with Gasteiger partial charge in [-0.2, -0.15) is 5.10 Å². The zero-order chi connectivity index (χ0) is 14.8. The summed E-state index contributed by atoms with van der Waals surface area (Å²) in [4.78, 5) is 0. The van der Waals surface area contributed by atoms with Gasteiger partial charge in [0.2, 0.25) is 0 Å². The number of aromatic nitrogens is 2. The first-order chi connectivity index (χ1) is 10.2. The molecule has 3 nitrogen and oxygen atoms in total. The molecule has 0 unspecified atom stereocenters. The Labute approximate surface area is 130 Å². The van der Waals surface area contributed by atoms with E-state index in [-0.39, 0.29) is 5.82 Å². The van der Waals surface area contributed by atoms with Crippen molar-refractivity contribution in [2.45, 2.75) is 20.1 Å². The normalized spacial score (nSPS) is 11.0. The molecule has 5 heteroatoms. The van der Waals surface area contributed by atoms with E-state index in [1.807, 2.05) is 28.9 Å². The summed E-state index contributed by atoms with van der Waals surface area (Å²) in [6, 6.07) is 12.4. The van der Waals surface area contributed by atoms with Crippen LogP contribution in [0.2, 0.25) is 0 Å². The van der Waals surface area contributed by atoms with Gasteiger partial charge >= 0.3 is 0 Å². The minimum atomic E-state index is -0.296. The van der Waals surface area contributed by atoms with Crippen molar-refractivity contribution in [3.05, 3.63) is 58.4 Å². The number of para-hydroxylation sites is 1. The minimum absolute atomic E-state index is 0.296. The molecule has 1 aromatic heterocycles. The van der Waals surface area contributed by atoms with Gasteiger partial charge in [-0.3, -0.25) is 4.68 Å². The van der Waals surface area contributed by atoms with E-state index in [4.69, 9.17) is 4.74 Å². The van der Waals surface area contributed by atoms with Crippen molar-refractivity contribution >= 4 is 26.8 Å². The van der Waals surface area contributed by atoms with E-state index in [1.165, 1.54) is 12.1 Å². The van der Waals surface area contributed by atoms with Gasteiger partial charge in [0.05, 0.1) is 9.99 Å². The predicted octanol–water partition coefficient (Wildman–Crippen LogP) is 4.54. The molecule has 0 bridgehead atoms. The van der Waals surface area contributed by atoms with Gasteiger partial charge in [0, 0.05) is 11.9 Å². The number of rotatable bonds is 4. The SMILES string of the molecule is CCn1nc(COc2ccc(F)cc2Br)c2ccccc21. The number of hydrogen-bond acceptors (Lipinski definition) is 2. The van der Waals surface area contributed by atoms with Gasteiger partial charge in [0.1, 0.15) is 23.9 Å². The van der Waals surface area contributed by atoms with E-state index in [9.17, 15) is 4.39 Å². The third kappa shape index (κ3) is 2.78. The fourth-order valence-corrected chi connectivity index (χ4v) is 2.75. The van der Waals surface area contributed by atoms with Crippen LogP contribution in [-0.4, -0.2) is 9.78 Å². The van der Waals surface area contributed by atoms with Crippen LogP contribution in [0.15, 0.2) is 46.9 Å². The van der Waals surface area contributed by atoms with Crippen molar-refractivity contribution in [1.82, 2.24) is 9.78 Å². The second-order valence-corrected chi connectivity index (χ2v) is 5.50. The van der Waals surface area contributed by atoms with Crippen LogP contribution in [0.3, 0.4) is 0 Å². The molecular formula is C16H14BrFN2O. The van der Waals surface area contributed by atoms with Crippen LogP contribution in [0.1, 0.15) is 12.6 Å². The van der Waals surface area contributed by atoms with Gasteiger partial charge < -0.3 is 4.74 Å². The lowest BCUT2D eigenvalue weighted by molar-refractivity contribution is 0.298. The van der Waals surface area contributed by atoms with Gasteiger partial charge in [0.25, 0.3) is 0 Å². The van der Waals surface area contributed by atoms with Crippen molar-refractivity contribution in [2.75, 3.05) is 0 Å². The molecule has 0 saturated heterocycles. The van der Waals surface area contributed by atoms with Crippen LogP contribution in [0.25, 0.3) is 10.9 Å². The molecule has 2 aromatic carbocycles. The monoisotopic (exact) mass is 348 g/mol. The van der Waals surface area contributed by atoms with Crippen molar-refractivity contribution in [3.63, 3.8) is 0 Å². The Kier molecular flexibility index (Phi) is 3.92. The van der Waals surface area contributed by atoms with Crippen LogP contribution >= 0.6 is 15.9 Å². The molecule has 0 amide bonds. The van der Waals surface area contributed by atoms with E-state index in [2.05, 4.69) is 28.0 Å². The summed E-state index contributed by atoms with van der Waals surface area (Å²) < 4.78 is 21.4. The summed E-state index contributed by atoms with van der Waals surface area (Å²) in [5.74, 6) is 0.307. The lowest BCUT2D eigenvalue weighted by Gasteiger charge is -2.06. The minimum Gasteiger partial charge on any atom is -0.486 e. The Morgan fingerprint density at radius 2 is 2.05 bits per heavy atom. The van der Waals surface area contributed by atoms with Gasteiger partial charge in [-0.05, 0) is 47.1 Å². The third-order valence-corrected chi connectivity index (χ3v) is 3.91. The Bertz CT molecular complexity index is 785. The lowest BCUT2D eigenvalue weighted by atomic mass is 10.2. The molecule has 0 radical (unpaired) electrons. The number of nitrogens with zero attached hydrogens (tertiary/aromatic N) is 2. The second kappa shape index (κ2) is 5.85. The smallest absolute Gasteiger partial charge is 0.134 e. The Morgan fingerprint density at radius 3 is 2.81 bits per heavy atom. The summed E-state index contributed by atoms with van der Waals surface area (Å²) in [5, 5.41) is 5.65. The number of aryl methyl sites for hydroxylation is 1. The van der Waals surface area contributed by atoms with E-state index >= 15 is 0 Å². The van der Waals surface area contributed by atoms with Crippen LogP contribution in [0.5, 0.6) is 5.75 Å². The van der Waals surface area contributed by atoms with Crippen molar-refractivity contribution in [1.29, 1.82) is 0 Å². The molecule has 0 atom stereocenters.